The van der Waals surface area contributed by atoms with Crippen molar-refractivity contribution in [1.29, 1.82) is 0 Å². The van der Waals surface area contributed by atoms with Crippen molar-refractivity contribution in [3.8, 4) is 0 Å². The third-order valence-corrected chi connectivity index (χ3v) is 4.51. The molecule has 0 aliphatic heterocycles. The van der Waals surface area contributed by atoms with Crippen LogP contribution in [0.2, 0.25) is 4.34 Å². The van der Waals surface area contributed by atoms with Gasteiger partial charge in [-0.25, -0.2) is 0 Å². The Kier molecular flexibility index (Phi) is 5.47. The molecule has 4 heteroatoms. The van der Waals surface area contributed by atoms with E-state index in [1.54, 1.807) is 0 Å². The van der Waals surface area contributed by atoms with Crippen LogP contribution in [0.3, 0.4) is 0 Å². The van der Waals surface area contributed by atoms with Gasteiger partial charge in [-0.2, -0.15) is 0 Å². The predicted octanol–water partition coefficient (Wildman–Crippen LogP) is 4.62. The Morgan fingerprint density at radius 1 is 1.47 bits per heavy atom. The van der Waals surface area contributed by atoms with Crippen molar-refractivity contribution < 1.29 is 9.90 Å². The average Bonchev–Trinajstić information content (AvgIpc) is 2.69. The molecule has 0 aromatic carbocycles. The van der Waals surface area contributed by atoms with E-state index in [2.05, 4.69) is 6.92 Å². The van der Waals surface area contributed by atoms with Crippen LogP contribution in [0.1, 0.15) is 44.4 Å². The Morgan fingerprint density at radius 3 is 2.59 bits per heavy atom. The van der Waals surface area contributed by atoms with E-state index in [1.807, 2.05) is 19.1 Å². The summed E-state index contributed by atoms with van der Waals surface area (Å²) in [5.74, 6) is -0.682. The second-order valence-corrected chi connectivity index (χ2v) is 6.22. The van der Waals surface area contributed by atoms with Crippen molar-refractivity contribution in [1.82, 2.24) is 0 Å². The van der Waals surface area contributed by atoms with Gasteiger partial charge < -0.3 is 5.11 Å². The number of carboxylic acid groups (broad SMARTS) is 1. The standard InChI is InChI=1S/C13H19ClO2S/c1-3-5-8-13(4-2,12(15)16)9-10-6-7-11(14)17-10/h6-7H,3-5,8-9H2,1-2H3,(H,15,16). The summed E-state index contributed by atoms with van der Waals surface area (Å²) in [6.45, 7) is 4.04. The van der Waals surface area contributed by atoms with Crippen LogP contribution in [0, 0.1) is 5.41 Å². The lowest BCUT2D eigenvalue weighted by Crippen LogP contribution is -2.32. The van der Waals surface area contributed by atoms with E-state index in [9.17, 15) is 9.90 Å². The van der Waals surface area contributed by atoms with E-state index in [-0.39, 0.29) is 0 Å². The molecule has 1 aromatic heterocycles. The number of hydrogen-bond acceptors (Lipinski definition) is 2. The van der Waals surface area contributed by atoms with E-state index in [0.717, 1.165) is 28.5 Å². The Labute approximate surface area is 112 Å². The fourth-order valence-electron chi connectivity index (χ4n) is 2.02. The summed E-state index contributed by atoms with van der Waals surface area (Å²) in [5.41, 5.74) is -0.621. The highest BCUT2D eigenvalue weighted by molar-refractivity contribution is 7.16. The Morgan fingerprint density at radius 2 is 2.18 bits per heavy atom. The molecule has 0 aliphatic carbocycles. The molecule has 1 N–H and O–H groups in total. The molecule has 1 unspecified atom stereocenters. The van der Waals surface area contributed by atoms with E-state index < -0.39 is 11.4 Å². The van der Waals surface area contributed by atoms with Crippen LogP contribution in [0.4, 0.5) is 0 Å². The maximum absolute atomic E-state index is 11.5. The van der Waals surface area contributed by atoms with Gasteiger partial charge in [0.15, 0.2) is 0 Å². The van der Waals surface area contributed by atoms with Crippen LogP contribution >= 0.6 is 22.9 Å². The van der Waals surface area contributed by atoms with Crippen molar-refractivity contribution in [2.24, 2.45) is 5.41 Å². The highest BCUT2D eigenvalue weighted by Gasteiger charge is 2.36. The minimum absolute atomic E-state index is 0.593. The molecule has 0 saturated heterocycles. The average molecular weight is 275 g/mol. The Bertz CT molecular complexity index is 375. The molecule has 2 nitrogen and oxygen atoms in total. The topological polar surface area (TPSA) is 37.3 Å². The van der Waals surface area contributed by atoms with E-state index >= 15 is 0 Å². The van der Waals surface area contributed by atoms with Crippen LogP contribution < -0.4 is 0 Å². The molecule has 1 atom stereocenters. The van der Waals surface area contributed by atoms with Gasteiger partial charge in [-0.05, 0) is 31.4 Å². The Hall–Kier alpha value is -0.540. The first-order valence-electron chi connectivity index (χ1n) is 6.01. The normalized spacial score (nSPS) is 14.5. The highest BCUT2D eigenvalue weighted by atomic mass is 35.5. The number of unbranched alkanes of at least 4 members (excludes halogenated alkanes) is 1. The van der Waals surface area contributed by atoms with Gasteiger partial charge in [0.2, 0.25) is 0 Å². The largest absolute Gasteiger partial charge is 0.481 e. The first-order valence-corrected chi connectivity index (χ1v) is 7.21. The molecular weight excluding hydrogens is 256 g/mol. The van der Waals surface area contributed by atoms with Crippen LogP contribution in [0.5, 0.6) is 0 Å². The smallest absolute Gasteiger partial charge is 0.309 e. The molecule has 0 aliphatic rings. The number of rotatable bonds is 7. The molecular formula is C13H19ClO2S. The first kappa shape index (κ1) is 14.5. The maximum atomic E-state index is 11.5. The van der Waals surface area contributed by atoms with Crippen LogP contribution in [-0.4, -0.2) is 11.1 Å². The van der Waals surface area contributed by atoms with Gasteiger partial charge in [-0.1, -0.05) is 38.3 Å². The summed E-state index contributed by atoms with van der Waals surface area (Å²) >= 11 is 7.37. The molecule has 0 bridgehead atoms. The molecule has 1 heterocycles. The zero-order valence-corrected chi connectivity index (χ0v) is 11.9. The number of hydrogen-bond donors (Lipinski definition) is 1. The van der Waals surface area contributed by atoms with Gasteiger partial charge in [0.05, 0.1) is 9.75 Å². The van der Waals surface area contributed by atoms with Crippen molar-refractivity contribution in [3.63, 3.8) is 0 Å². The lowest BCUT2D eigenvalue weighted by molar-refractivity contribution is -0.149. The molecule has 0 radical (unpaired) electrons. The third-order valence-electron chi connectivity index (χ3n) is 3.28. The van der Waals surface area contributed by atoms with Gasteiger partial charge >= 0.3 is 5.97 Å². The predicted molar refractivity (Wildman–Crippen MR) is 72.9 cm³/mol. The molecule has 0 amide bonds. The number of thiophene rings is 1. The lowest BCUT2D eigenvalue weighted by Gasteiger charge is -2.27. The van der Waals surface area contributed by atoms with Gasteiger partial charge in [0.25, 0.3) is 0 Å². The molecule has 0 fully saturated rings. The third kappa shape index (κ3) is 3.71. The molecule has 1 rings (SSSR count). The van der Waals surface area contributed by atoms with Crippen LogP contribution in [-0.2, 0) is 11.2 Å². The van der Waals surface area contributed by atoms with Crippen molar-refractivity contribution in [2.75, 3.05) is 0 Å². The number of aliphatic carboxylic acids is 1. The van der Waals surface area contributed by atoms with Crippen molar-refractivity contribution in [2.45, 2.75) is 46.0 Å². The Balaban J connectivity index is 2.85. The SMILES string of the molecule is CCCCC(CC)(Cc1ccc(Cl)s1)C(=O)O. The zero-order valence-electron chi connectivity index (χ0n) is 10.3. The molecule has 0 saturated carbocycles. The number of carbonyl (C=O) groups is 1. The second-order valence-electron chi connectivity index (χ2n) is 4.43. The quantitative estimate of drug-likeness (QED) is 0.788. The summed E-state index contributed by atoms with van der Waals surface area (Å²) < 4.78 is 0.728. The van der Waals surface area contributed by atoms with E-state index in [4.69, 9.17) is 11.6 Å². The minimum Gasteiger partial charge on any atom is -0.481 e. The summed E-state index contributed by atoms with van der Waals surface area (Å²) in [6.07, 6.45) is 3.98. The van der Waals surface area contributed by atoms with Crippen LogP contribution in [0.15, 0.2) is 12.1 Å². The summed E-state index contributed by atoms with van der Waals surface area (Å²) in [4.78, 5) is 12.6. The van der Waals surface area contributed by atoms with Gasteiger partial charge in [-0.15, -0.1) is 11.3 Å². The van der Waals surface area contributed by atoms with Gasteiger partial charge in [0, 0.05) is 4.88 Å². The molecule has 1 aromatic rings. The fraction of sp³-hybridized carbons (Fsp3) is 0.615. The second kappa shape index (κ2) is 6.41. The highest BCUT2D eigenvalue weighted by Crippen LogP contribution is 2.36. The molecule has 96 valence electrons. The first-order chi connectivity index (χ1) is 8.04. The van der Waals surface area contributed by atoms with Gasteiger partial charge in [0.1, 0.15) is 0 Å². The number of halogens is 1. The zero-order chi connectivity index (χ0) is 12.9. The lowest BCUT2D eigenvalue weighted by atomic mass is 9.77. The van der Waals surface area contributed by atoms with E-state index in [0.29, 0.717) is 12.8 Å². The monoisotopic (exact) mass is 274 g/mol. The fourth-order valence-corrected chi connectivity index (χ4v) is 3.25. The number of carboxylic acids is 1. The molecule has 17 heavy (non-hydrogen) atoms. The van der Waals surface area contributed by atoms with E-state index in [1.165, 1.54) is 11.3 Å². The van der Waals surface area contributed by atoms with Crippen molar-refractivity contribution in [3.05, 3.63) is 21.3 Å². The van der Waals surface area contributed by atoms with Crippen LogP contribution in [0.25, 0.3) is 0 Å². The van der Waals surface area contributed by atoms with Crippen molar-refractivity contribution >= 4 is 28.9 Å². The minimum atomic E-state index is -0.682. The van der Waals surface area contributed by atoms with Gasteiger partial charge in [-0.3, -0.25) is 4.79 Å². The summed E-state index contributed by atoms with van der Waals surface area (Å²) in [6, 6.07) is 3.77. The summed E-state index contributed by atoms with van der Waals surface area (Å²) in [5, 5.41) is 9.49. The maximum Gasteiger partial charge on any atom is 0.309 e. The molecule has 0 spiro atoms. The summed E-state index contributed by atoms with van der Waals surface area (Å²) in [7, 11) is 0.